The first-order chi connectivity index (χ1) is 10.0. The molecular weight excluding hydrogens is 350 g/mol. The van der Waals surface area contributed by atoms with E-state index in [1.165, 1.54) is 5.56 Å². The number of halogens is 1. The summed E-state index contributed by atoms with van der Waals surface area (Å²) in [7, 11) is 1.67. The van der Waals surface area contributed by atoms with Crippen molar-refractivity contribution in [3.05, 3.63) is 54.3 Å². The lowest BCUT2D eigenvalue weighted by Crippen LogP contribution is -2.55. The second-order valence-corrected chi connectivity index (χ2v) is 6.30. The second kappa shape index (κ2) is 6.95. The fourth-order valence-electron chi connectivity index (χ4n) is 2.11. The van der Waals surface area contributed by atoms with Gasteiger partial charge in [0.1, 0.15) is 5.75 Å². The highest BCUT2D eigenvalue weighted by Crippen LogP contribution is 2.26. The standard InChI is InChI=1S/C15H18BrN3OS/c1-20-13-6-4-12(5-7-13)8-11-19-10-3-2-9-15(19,16)18-14(17)21/h2-7,9-10H,8,11H2,1H3,(H3,17,18,21). The van der Waals surface area contributed by atoms with Gasteiger partial charge in [0.2, 0.25) is 0 Å². The van der Waals surface area contributed by atoms with Gasteiger partial charge in [0.15, 0.2) is 9.68 Å². The van der Waals surface area contributed by atoms with Crippen molar-refractivity contribution in [1.29, 1.82) is 0 Å². The van der Waals surface area contributed by atoms with Crippen LogP contribution in [0.5, 0.6) is 5.75 Å². The lowest BCUT2D eigenvalue weighted by molar-refractivity contribution is 0.278. The maximum absolute atomic E-state index is 5.60. The quantitative estimate of drug-likeness (QED) is 0.475. The monoisotopic (exact) mass is 367 g/mol. The minimum Gasteiger partial charge on any atom is -0.497 e. The zero-order chi connectivity index (χ0) is 15.3. The number of rotatable bonds is 5. The molecule has 21 heavy (non-hydrogen) atoms. The topological polar surface area (TPSA) is 50.5 Å². The van der Waals surface area contributed by atoms with Crippen molar-refractivity contribution >= 4 is 33.3 Å². The van der Waals surface area contributed by atoms with Gasteiger partial charge in [-0.1, -0.05) is 18.2 Å². The van der Waals surface area contributed by atoms with E-state index in [4.69, 9.17) is 22.7 Å². The molecule has 2 rings (SSSR count). The largest absolute Gasteiger partial charge is 0.497 e. The van der Waals surface area contributed by atoms with E-state index < -0.39 is 4.57 Å². The third kappa shape index (κ3) is 4.22. The Balaban J connectivity index is 2.01. The van der Waals surface area contributed by atoms with Crippen molar-refractivity contribution in [3.63, 3.8) is 0 Å². The number of methoxy groups -OCH3 is 1. The predicted molar refractivity (Wildman–Crippen MR) is 93.3 cm³/mol. The van der Waals surface area contributed by atoms with Crippen LogP contribution in [0.2, 0.25) is 0 Å². The molecule has 1 aliphatic rings. The zero-order valence-corrected chi connectivity index (χ0v) is 14.2. The summed E-state index contributed by atoms with van der Waals surface area (Å²) in [4.78, 5) is 2.11. The second-order valence-electron chi connectivity index (χ2n) is 4.65. The van der Waals surface area contributed by atoms with Gasteiger partial charge < -0.3 is 20.7 Å². The molecule has 1 heterocycles. The van der Waals surface area contributed by atoms with E-state index in [0.717, 1.165) is 18.7 Å². The highest BCUT2D eigenvalue weighted by Gasteiger charge is 2.30. The van der Waals surface area contributed by atoms with Crippen LogP contribution in [0.4, 0.5) is 0 Å². The van der Waals surface area contributed by atoms with E-state index in [9.17, 15) is 0 Å². The lowest BCUT2D eigenvalue weighted by Gasteiger charge is -2.39. The average molecular weight is 368 g/mol. The molecule has 1 unspecified atom stereocenters. The van der Waals surface area contributed by atoms with Crippen molar-refractivity contribution < 1.29 is 4.74 Å². The van der Waals surface area contributed by atoms with Gasteiger partial charge in [-0.2, -0.15) is 0 Å². The van der Waals surface area contributed by atoms with Crippen molar-refractivity contribution in [2.24, 2.45) is 5.73 Å². The van der Waals surface area contributed by atoms with Gasteiger partial charge in [-0.25, -0.2) is 0 Å². The van der Waals surface area contributed by atoms with Crippen LogP contribution in [0.3, 0.4) is 0 Å². The van der Waals surface area contributed by atoms with E-state index in [0.29, 0.717) is 0 Å². The average Bonchev–Trinajstić information content (AvgIpc) is 2.46. The van der Waals surface area contributed by atoms with Crippen molar-refractivity contribution in [2.75, 3.05) is 13.7 Å². The SMILES string of the molecule is COc1ccc(CCN2C=CC=CC2(Br)NC(N)=S)cc1. The molecule has 0 fully saturated rings. The molecule has 1 aromatic carbocycles. The van der Waals surface area contributed by atoms with Crippen LogP contribution < -0.4 is 15.8 Å². The Hall–Kier alpha value is -1.53. The number of hydrogen-bond acceptors (Lipinski definition) is 3. The summed E-state index contributed by atoms with van der Waals surface area (Å²) in [5.74, 6) is 0.865. The molecule has 1 aliphatic heterocycles. The van der Waals surface area contributed by atoms with E-state index in [-0.39, 0.29) is 5.11 Å². The molecule has 4 nitrogen and oxygen atoms in total. The Morgan fingerprint density at radius 1 is 1.38 bits per heavy atom. The van der Waals surface area contributed by atoms with Gasteiger partial charge in [-0.3, -0.25) is 0 Å². The third-order valence-corrected chi connectivity index (χ3v) is 4.23. The minimum absolute atomic E-state index is 0.251. The van der Waals surface area contributed by atoms with Crippen LogP contribution in [0.1, 0.15) is 5.56 Å². The van der Waals surface area contributed by atoms with Crippen molar-refractivity contribution in [2.45, 2.75) is 11.0 Å². The van der Waals surface area contributed by atoms with Gasteiger partial charge in [-0.15, -0.1) is 0 Å². The Morgan fingerprint density at radius 3 is 2.71 bits per heavy atom. The molecule has 0 aliphatic carbocycles. The van der Waals surface area contributed by atoms with Crippen LogP contribution in [0, 0.1) is 0 Å². The molecule has 0 saturated heterocycles. The Labute approximate surface area is 138 Å². The molecule has 0 spiro atoms. The summed E-state index contributed by atoms with van der Waals surface area (Å²) in [6.07, 6.45) is 8.80. The molecule has 0 aromatic heterocycles. The smallest absolute Gasteiger partial charge is 0.189 e. The highest BCUT2D eigenvalue weighted by molar-refractivity contribution is 9.10. The van der Waals surface area contributed by atoms with Crippen molar-refractivity contribution in [1.82, 2.24) is 10.2 Å². The van der Waals surface area contributed by atoms with E-state index >= 15 is 0 Å². The van der Waals surface area contributed by atoms with E-state index in [2.05, 4.69) is 38.3 Å². The summed E-state index contributed by atoms with van der Waals surface area (Å²) in [6.45, 7) is 0.814. The van der Waals surface area contributed by atoms with Gasteiger partial charge in [0.25, 0.3) is 0 Å². The molecule has 0 radical (unpaired) electrons. The van der Waals surface area contributed by atoms with Crippen LogP contribution in [0.15, 0.2) is 48.7 Å². The maximum Gasteiger partial charge on any atom is 0.189 e. The molecule has 112 valence electrons. The fraction of sp³-hybridized carbons (Fsp3) is 0.267. The number of hydrogen-bond donors (Lipinski definition) is 2. The summed E-state index contributed by atoms with van der Waals surface area (Å²) in [6, 6.07) is 8.07. The molecule has 1 aromatic rings. The first-order valence-corrected chi connectivity index (χ1v) is 7.76. The number of benzene rings is 1. The van der Waals surface area contributed by atoms with Gasteiger partial charge in [0.05, 0.1) is 7.11 Å². The number of nitrogens with zero attached hydrogens (tertiary/aromatic N) is 1. The fourth-order valence-corrected chi connectivity index (χ4v) is 3.05. The third-order valence-electron chi connectivity index (χ3n) is 3.21. The number of nitrogens with two attached hydrogens (primary N) is 1. The summed E-state index contributed by atoms with van der Waals surface area (Å²) < 4.78 is 4.59. The molecule has 1 atom stereocenters. The zero-order valence-electron chi connectivity index (χ0n) is 11.8. The number of ether oxygens (including phenoxy) is 1. The Bertz CT molecular complexity index is 559. The van der Waals surface area contributed by atoms with Gasteiger partial charge >= 0.3 is 0 Å². The van der Waals surface area contributed by atoms with Crippen molar-refractivity contribution in [3.8, 4) is 5.75 Å². The number of nitrogens with one attached hydrogen (secondary N) is 1. The first kappa shape index (κ1) is 15.9. The normalized spacial score (nSPS) is 20.4. The minimum atomic E-state index is -0.569. The number of allylic oxidation sites excluding steroid dienone is 2. The maximum atomic E-state index is 5.60. The molecule has 0 saturated carbocycles. The van der Waals surface area contributed by atoms with Crippen LogP contribution in [-0.4, -0.2) is 28.2 Å². The van der Waals surface area contributed by atoms with Gasteiger partial charge in [-0.05, 0) is 64.4 Å². The van der Waals surface area contributed by atoms with Crippen LogP contribution >= 0.6 is 28.1 Å². The first-order valence-electron chi connectivity index (χ1n) is 6.56. The molecule has 3 N–H and O–H groups in total. The summed E-state index contributed by atoms with van der Waals surface area (Å²) in [5.41, 5.74) is 6.84. The predicted octanol–water partition coefficient (Wildman–Crippen LogP) is 2.51. The molecule has 6 heteroatoms. The van der Waals surface area contributed by atoms with E-state index in [1.54, 1.807) is 7.11 Å². The van der Waals surface area contributed by atoms with E-state index in [1.807, 2.05) is 36.6 Å². The van der Waals surface area contributed by atoms with Gasteiger partial charge in [0, 0.05) is 12.7 Å². The molecular formula is C15H18BrN3OS. The molecule has 0 bridgehead atoms. The van der Waals surface area contributed by atoms with Crippen LogP contribution in [0.25, 0.3) is 0 Å². The number of thiocarbonyl (C=S) groups is 1. The Kier molecular flexibility index (Phi) is 5.25. The Morgan fingerprint density at radius 2 is 2.10 bits per heavy atom. The number of alkyl halides is 1. The molecule has 0 amide bonds. The highest BCUT2D eigenvalue weighted by atomic mass is 79.9. The summed E-state index contributed by atoms with van der Waals surface area (Å²) in [5, 5.41) is 3.31. The van der Waals surface area contributed by atoms with Crippen LogP contribution in [-0.2, 0) is 6.42 Å². The summed E-state index contributed by atoms with van der Waals surface area (Å²) >= 11 is 8.59. The lowest BCUT2D eigenvalue weighted by atomic mass is 10.1.